The Hall–Kier alpha value is -2.29. The van der Waals surface area contributed by atoms with Crippen molar-refractivity contribution in [3.63, 3.8) is 0 Å². The lowest BCUT2D eigenvalue weighted by Gasteiger charge is -2.13. The highest BCUT2D eigenvalue weighted by Crippen LogP contribution is 2.26. The first-order valence-corrected chi connectivity index (χ1v) is 6.09. The Bertz CT molecular complexity index is 588. The molecule has 1 N–H and O–H groups in total. The van der Waals surface area contributed by atoms with Gasteiger partial charge < -0.3 is 9.84 Å². The number of carboxylic acids is 1. The highest BCUT2D eigenvalue weighted by Gasteiger charge is 2.14. The van der Waals surface area contributed by atoms with E-state index < -0.39 is 5.97 Å². The number of carbonyl (C=O) groups is 1. The maximum Gasteiger partial charge on any atom is 0.339 e. The van der Waals surface area contributed by atoms with Gasteiger partial charge in [0.25, 0.3) is 0 Å². The molecule has 0 saturated carbocycles. The van der Waals surface area contributed by atoms with Gasteiger partial charge in [-0.25, -0.2) is 4.79 Å². The van der Waals surface area contributed by atoms with E-state index in [9.17, 15) is 9.90 Å². The molecule has 3 heteroatoms. The number of hydrogen-bond donors (Lipinski definition) is 1. The summed E-state index contributed by atoms with van der Waals surface area (Å²) < 4.78 is 5.69. The maximum atomic E-state index is 11.3. The van der Waals surface area contributed by atoms with Crippen molar-refractivity contribution >= 4 is 5.97 Å². The predicted octanol–water partition coefficient (Wildman–Crippen LogP) is 3.58. The van der Waals surface area contributed by atoms with Gasteiger partial charge in [0, 0.05) is 0 Å². The van der Waals surface area contributed by atoms with Crippen molar-refractivity contribution in [1.82, 2.24) is 0 Å². The molecule has 2 rings (SSSR count). The number of aromatic carboxylic acids is 1. The quantitative estimate of drug-likeness (QED) is 0.909. The molecule has 0 heterocycles. The molecule has 0 spiro atoms. The second-order valence-electron chi connectivity index (χ2n) is 4.54. The minimum atomic E-state index is -0.963. The third-order valence-electron chi connectivity index (χ3n) is 2.88. The Morgan fingerprint density at radius 3 is 2.47 bits per heavy atom. The van der Waals surface area contributed by atoms with Gasteiger partial charge in [-0.1, -0.05) is 36.4 Å². The normalized spacial score (nSPS) is 10.2. The molecule has 0 aliphatic heterocycles. The zero-order valence-corrected chi connectivity index (χ0v) is 11.0. The number of ether oxygens (including phenoxy) is 1. The van der Waals surface area contributed by atoms with Gasteiger partial charge in [-0.15, -0.1) is 0 Å². The molecule has 0 aromatic heterocycles. The monoisotopic (exact) mass is 256 g/mol. The zero-order valence-electron chi connectivity index (χ0n) is 11.0. The van der Waals surface area contributed by atoms with Crippen molar-refractivity contribution < 1.29 is 14.6 Å². The second-order valence-corrected chi connectivity index (χ2v) is 4.54. The van der Waals surface area contributed by atoms with Gasteiger partial charge in [0.1, 0.15) is 17.9 Å². The SMILES string of the molecule is Cc1cc(C)c(OCc2ccccc2)c(C(=O)O)c1. The minimum Gasteiger partial charge on any atom is -0.488 e. The van der Waals surface area contributed by atoms with E-state index in [-0.39, 0.29) is 5.56 Å². The summed E-state index contributed by atoms with van der Waals surface area (Å²) in [5.41, 5.74) is 2.99. The van der Waals surface area contributed by atoms with Gasteiger partial charge in [-0.3, -0.25) is 0 Å². The van der Waals surface area contributed by atoms with Crippen molar-refractivity contribution in [3.05, 3.63) is 64.7 Å². The predicted molar refractivity (Wildman–Crippen MR) is 73.6 cm³/mol. The Morgan fingerprint density at radius 1 is 1.16 bits per heavy atom. The highest BCUT2D eigenvalue weighted by atomic mass is 16.5. The van der Waals surface area contributed by atoms with E-state index >= 15 is 0 Å². The van der Waals surface area contributed by atoms with Crippen LogP contribution in [-0.4, -0.2) is 11.1 Å². The lowest BCUT2D eigenvalue weighted by atomic mass is 10.1. The molecule has 0 unspecified atom stereocenters. The Balaban J connectivity index is 2.27. The largest absolute Gasteiger partial charge is 0.488 e. The second kappa shape index (κ2) is 5.57. The summed E-state index contributed by atoms with van der Waals surface area (Å²) in [6.45, 7) is 4.10. The summed E-state index contributed by atoms with van der Waals surface area (Å²) in [4.78, 5) is 11.3. The number of hydrogen-bond acceptors (Lipinski definition) is 2. The minimum absolute atomic E-state index is 0.216. The van der Waals surface area contributed by atoms with E-state index in [0.717, 1.165) is 16.7 Å². The van der Waals surface area contributed by atoms with E-state index in [2.05, 4.69) is 0 Å². The molecule has 19 heavy (non-hydrogen) atoms. The third-order valence-corrected chi connectivity index (χ3v) is 2.88. The lowest BCUT2D eigenvalue weighted by molar-refractivity contribution is 0.0691. The first-order valence-electron chi connectivity index (χ1n) is 6.09. The molecular formula is C16H16O3. The van der Waals surface area contributed by atoms with Crippen molar-refractivity contribution in [2.24, 2.45) is 0 Å². The number of carboxylic acid groups (broad SMARTS) is 1. The molecule has 98 valence electrons. The molecule has 0 saturated heterocycles. The van der Waals surface area contributed by atoms with Crippen molar-refractivity contribution in [1.29, 1.82) is 0 Å². The van der Waals surface area contributed by atoms with Crippen LogP contribution in [0.25, 0.3) is 0 Å². The Morgan fingerprint density at radius 2 is 1.84 bits per heavy atom. The van der Waals surface area contributed by atoms with Crippen LogP contribution in [0.5, 0.6) is 5.75 Å². The average molecular weight is 256 g/mol. The summed E-state index contributed by atoms with van der Waals surface area (Å²) >= 11 is 0. The fraction of sp³-hybridized carbons (Fsp3) is 0.188. The van der Waals surface area contributed by atoms with Crippen LogP contribution >= 0.6 is 0 Å². The van der Waals surface area contributed by atoms with Crippen LogP contribution in [0.1, 0.15) is 27.0 Å². The Kier molecular flexibility index (Phi) is 3.85. The van der Waals surface area contributed by atoms with Gasteiger partial charge in [-0.05, 0) is 36.6 Å². The van der Waals surface area contributed by atoms with E-state index in [0.29, 0.717) is 12.4 Å². The molecule has 0 bridgehead atoms. The number of rotatable bonds is 4. The van der Waals surface area contributed by atoms with Crippen molar-refractivity contribution in [2.75, 3.05) is 0 Å². The average Bonchev–Trinajstić information content (AvgIpc) is 2.38. The first kappa shape index (κ1) is 13.1. The standard InChI is InChI=1S/C16H16O3/c1-11-8-12(2)15(14(9-11)16(17)18)19-10-13-6-4-3-5-7-13/h3-9H,10H2,1-2H3,(H,17,18). The van der Waals surface area contributed by atoms with E-state index in [1.807, 2.05) is 50.2 Å². The molecule has 2 aromatic rings. The summed E-state index contributed by atoms with van der Waals surface area (Å²) in [6, 6.07) is 13.2. The van der Waals surface area contributed by atoms with E-state index in [4.69, 9.17) is 4.74 Å². The summed E-state index contributed by atoms with van der Waals surface area (Å²) in [5, 5.41) is 9.23. The fourth-order valence-electron chi connectivity index (χ4n) is 2.03. The topological polar surface area (TPSA) is 46.5 Å². The van der Waals surface area contributed by atoms with Crippen molar-refractivity contribution in [2.45, 2.75) is 20.5 Å². The molecule has 0 amide bonds. The van der Waals surface area contributed by atoms with Gasteiger partial charge >= 0.3 is 5.97 Å². The van der Waals surface area contributed by atoms with Gasteiger partial charge in [-0.2, -0.15) is 0 Å². The molecule has 0 radical (unpaired) electrons. The van der Waals surface area contributed by atoms with Crippen molar-refractivity contribution in [3.8, 4) is 5.75 Å². The van der Waals surface area contributed by atoms with Gasteiger partial charge in [0.2, 0.25) is 0 Å². The summed E-state index contributed by atoms with van der Waals surface area (Å²) in [6.07, 6.45) is 0. The zero-order chi connectivity index (χ0) is 13.8. The Labute approximate surface area is 112 Å². The molecule has 0 fully saturated rings. The van der Waals surface area contributed by atoms with E-state index in [1.165, 1.54) is 0 Å². The van der Waals surface area contributed by atoms with E-state index in [1.54, 1.807) is 6.07 Å². The van der Waals surface area contributed by atoms with Crippen LogP contribution in [0.15, 0.2) is 42.5 Å². The van der Waals surface area contributed by atoms with Crippen LogP contribution in [0.2, 0.25) is 0 Å². The molecule has 3 nitrogen and oxygen atoms in total. The molecule has 0 atom stereocenters. The molecule has 0 aliphatic rings. The van der Waals surface area contributed by atoms with Gasteiger partial charge in [0.15, 0.2) is 0 Å². The number of benzene rings is 2. The molecule has 0 aliphatic carbocycles. The van der Waals surface area contributed by atoms with Crippen LogP contribution in [0.3, 0.4) is 0 Å². The first-order chi connectivity index (χ1) is 9.08. The summed E-state index contributed by atoms with van der Waals surface area (Å²) in [7, 11) is 0. The van der Waals surface area contributed by atoms with Crippen LogP contribution in [-0.2, 0) is 6.61 Å². The lowest BCUT2D eigenvalue weighted by Crippen LogP contribution is -2.05. The van der Waals surface area contributed by atoms with Crippen LogP contribution < -0.4 is 4.74 Å². The van der Waals surface area contributed by atoms with Crippen LogP contribution in [0.4, 0.5) is 0 Å². The number of aryl methyl sites for hydroxylation is 2. The van der Waals surface area contributed by atoms with Gasteiger partial charge in [0.05, 0.1) is 0 Å². The third kappa shape index (κ3) is 3.13. The fourth-order valence-corrected chi connectivity index (χ4v) is 2.03. The molecule has 2 aromatic carbocycles. The maximum absolute atomic E-state index is 11.3. The summed E-state index contributed by atoms with van der Waals surface area (Å²) in [5.74, 6) is -0.517. The highest BCUT2D eigenvalue weighted by molar-refractivity contribution is 5.91. The molecular weight excluding hydrogens is 240 g/mol. The van der Waals surface area contributed by atoms with Crippen LogP contribution in [0, 0.1) is 13.8 Å². The smallest absolute Gasteiger partial charge is 0.339 e.